The second-order valence-electron chi connectivity index (χ2n) is 8.21. The number of methoxy groups -OCH3 is 1. The van der Waals surface area contributed by atoms with E-state index >= 15 is 0 Å². The first-order valence-corrected chi connectivity index (χ1v) is 11.7. The highest BCUT2D eigenvalue weighted by molar-refractivity contribution is 7.16. The highest BCUT2D eigenvalue weighted by Crippen LogP contribution is 2.34. The standard InChI is InChI=1S/C27H24N2O5S/c1-14-10-15(2)24-20(11-14)23(31)26(25(34-24)18-6-8-19(32-5)9-7-18)33-13-22(30)29-27-21(12-28)16(3)17(4)35-27/h6-11H,13H2,1-5H3,(H,29,30). The molecule has 8 heteroatoms. The van der Waals surface area contributed by atoms with E-state index in [4.69, 9.17) is 13.9 Å². The van der Waals surface area contributed by atoms with E-state index in [0.29, 0.717) is 32.8 Å². The van der Waals surface area contributed by atoms with Gasteiger partial charge in [0, 0.05) is 10.4 Å². The molecule has 0 aliphatic rings. The molecule has 1 N–H and O–H groups in total. The van der Waals surface area contributed by atoms with Crippen molar-refractivity contribution in [3.8, 4) is 28.9 Å². The van der Waals surface area contributed by atoms with Crippen molar-refractivity contribution in [2.75, 3.05) is 19.0 Å². The third-order valence-electron chi connectivity index (χ3n) is 5.73. The summed E-state index contributed by atoms with van der Waals surface area (Å²) in [6.45, 7) is 7.07. The van der Waals surface area contributed by atoms with Crippen LogP contribution in [0.1, 0.15) is 27.1 Å². The lowest BCUT2D eigenvalue weighted by Gasteiger charge is -2.13. The Kier molecular flexibility index (Phi) is 6.63. The molecule has 0 aliphatic heterocycles. The molecule has 0 aliphatic carbocycles. The van der Waals surface area contributed by atoms with Crippen LogP contribution in [0.2, 0.25) is 0 Å². The minimum absolute atomic E-state index is 0.0538. The number of fused-ring (bicyclic) bond motifs is 1. The fourth-order valence-corrected chi connectivity index (χ4v) is 4.87. The molecule has 0 spiro atoms. The third-order valence-corrected chi connectivity index (χ3v) is 6.85. The Bertz CT molecular complexity index is 1540. The molecule has 7 nitrogen and oxygen atoms in total. The zero-order valence-electron chi connectivity index (χ0n) is 20.1. The van der Waals surface area contributed by atoms with Gasteiger partial charge >= 0.3 is 0 Å². The topological polar surface area (TPSA) is 102 Å². The molecule has 1 amide bonds. The van der Waals surface area contributed by atoms with Gasteiger partial charge in [-0.1, -0.05) is 6.07 Å². The molecular weight excluding hydrogens is 464 g/mol. The quantitative estimate of drug-likeness (QED) is 0.376. The number of hydrogen-bond donors (Lipinski definition) is 1. The van der Waals surface area contributed by atoms with E-state index in [1.165, 1.54) is 11.3 Å². The number of nitrogens with one attached hydrogen (secondary N) is 1. The molecule has 2 aromatic heterocycles. The Morgan fingerprint density at radius 2 is 1.86 bits per heavy atom. The smallest absolute Gasteiger partial charge is 0.262 e. The van der Waals surface area contributed by atoms with Gasteiger partial charge in [0.1, 0.15) is 22.4 Å². The highest BCUT2D eigenvalue weighted by atomic mass is 32.1. The normalized spacial score (nSPS) is 10.7. The van der Waals surface area contributed by atoms with Crippen molar-refractivity contribution in [1.29, 1.82) is 5.26 Å². The van der Waals surface area contributed by atoms with Crippen LogP contribution < -0.4 is 20.2 Å². The predicted molar refractivity (Wildman–Crippen MR) is 137 cm³/mol. The Morgan fingerprint density at radius 1 is 1.14 bits per heavy atom. The molecule has 4 rings (SSSR count). The fourth-order valence-electron chi connectivity index (χ4n) is 3.85. The van der Waals surface area contributed by atoms with E-state index in [1.807, 2.05) is 33.8 Å². The average molecular weight is 489 g/mol. The fraction of sp³-hybridized carbons (Fsp3) is 0.222. The van der Waals surface area contributed by atoms with Gasteiger partial charge in [-0.25, -0.2) is 0 Å². The first-order valence-electron chi connectivity index (χ1n) is 10.9. The largest absolute Gasteiger partial charge is 0.497 e. The van der Waals surface area contributed by atoms with Crippen molar-refractivity contribution in [1.82, 2.24) is 0 Å². The summed E-state index contributed by atoms with van der Waals surface area (Å²) in [5.74, 6) is 0.344. The van der Waals surface area contributed by atoms with E-state index in [0.717, 1.165) is 21.6 Å². The zero-order valence-corrected chi connectivity index (χ0v) is 20.9. The SMILES string of the molecule is COc1ccc(-c2oc3c(C)cc(C)cc3c(=O)c2OCC(=O)Nc2sc(C)c(C)c2C#N)cc1. The van der Waals surface area contributed by atoms with E-state index in [-0.39, 0.29) is 16.9 Å². The summed E-state index contributed by atoms with van der Waals surface area (Å²) in [4.78, 5) is 27.1. The number of nitriles is 1. The lowest BCUT2D eigenvalue weighted by Crippen LogP contribution is -2.22. The van der Waals surface area contributed by atoms with Crippen LogP contribution in [0, 0.1) is 39.0 Å². The lowest BCUT2D eigenvalue weighted by atomic mass is 10.1. The number of anilines is 1. The molecule has 0 unspecified atom stereocenters. The number of carbonyl (C=O) groups excluding carboxylic acids is 1. The van der Waals surface area contributed by atoms with Gasteiger partial charge in [-0.2, -0.15) is 5.26 Å². The number of ether oxygens (including phenoxy) is 2. The van der Waals surface area contributed by atoms with Crippen LogP contribution in [0.5, 0.6) is 11.5 Å². The summed E-state index contributed by atoms with van der Waals surface area (Å²) < 4.78 is 17.2. The number of carbonyl (C=O) groups is 1. The first kappa shape index (κ1) is 24.0. The number of hydrogen-bond acceptors (Lipinski definition) is 7. The minimum Gasteiger partial charge on any atom is -0.497 e. The summed E-state index contributed by atoms with van der Waals surface area (Å²) in [7, 11) is 1.57. The maximum atomic E-state index is 13.5. The molecule has 4 aromatic rings. The third kappa shape index (κ3) is 4.63. The molecule has 0 bridgehead atoms. The average Bonchev–Trinajstić information content (AvgIpc) is 3.10. The van der Waals surface area contributed by atoms with Gasteiger partial charge in [0.05, 0.1) is 18.1 Å². The number of benzene rings is 2. The van der Waals surface area contributed by atoms with Gasteiger partial charge < -0.3 is 19.2 Å². The van der Waals surface area contributed by atoms with Gasteiger partial charge in [0.15, 0.2) is 12.4 Å². The molecule has 0 saturated heterocycles. The van der Waals surface area contributed by atoms with E-state index in [9.17, 15) is 14.9 Å². The Balaban J connectivity index is 1.73. The number of thiophene rings is 1. The summed E-state index contributed by atoms with van der Waals surface area (Å²) in [5, 5.41) is 13.0. The molecule has 2 aromatic carbocycles. The Hall–Kier alpha value is -4.09. The van der Waals surface area contributed by atoms with E-state index < -0.39 is 12.5 Å². The maximum absolute atomic E-state index is 13.5. The lowest BCUT2D eigenvalue weighted by molar-refractivity contribution is -0.118. The molecule has 0 saturated carbocycles. The van der Waals surface area contributed by atoms with Crippen LogP contribution >= 0.6 is 11.3 Å². The van der Waals surface area contributed by atoms with Crippen LogP contribution in [0.25, 0.3) is 22.3 Å². The van der Waals surface area contributed by atoms with Crippen molar-refractivity contribution >= 4 is 33.2 Å². The molecule has 0 atom stereocenters. The summed E-state index contributed by atoms with van der Waals surface area (Å²) in [5.41, 5.74) is 3.70. The van der Waals surface area contributed by atoms with E-state index in [1.54, 1.807) is 37.4 Å². The van der Waals surface area contributed by atoms with Crippen molar-refractivity contribution < 1.29 is 18.7 Å². The minimum atomic E-state index is -0.483. The first-order chi connectivity index (χ1) is 16.7. The van der Waals surface area contributed by atoms with E-state index in [2.05, 4.69) is 11.4 Å². The van der Waals surface area contributed by atoms with Crippen LogP contribution in [0.15, 0.2) is 45.6 Å². The number of aryl methyl sites for hydroxylation is 3. The molecule has 35 heavy (non-hydrogen) atoms. The van der Waals surface area contributed by atoms with Gasteiger partial charge in [0.2, 0.25) is 11.2 Å². The highest BCUT2D eigenvalue weighted by Gasteiger charge is 2.21. The van der Waals surface area contributed by atoms with Gasteiger partial charge in [-0.3, -0.25) is 9.59 Å². The maximum Gasteiger partial charge on any atom is 0.262 e. The van der Waals surface area contributed by atoms with Crippen LogP contribution in [0.3, 0.4) is 0 Å². The van der Waals surface area contributed by atoms with Gasteiger partial charge in [-0.15, -0.1) is 11.3 Å². The zero-order chi connectivity index (χ0) is 25.3. The summed E-state index contributed by atoms with van der Waals surface area (Å²) >= 11 is 1.33. The van der Waals surface area contributed by atoms with Crippen LogP contribution in [-0.4, -0.2) is 19.6 Å². The number of nitrogens with zero attached hydrogens (tertiary/aromatic N) is 1. The number of amides is 1. The molecule has 0 radical (unpaired) electrons. The van der Waals surface area contributed by atoms with Crippen molar-refractivity contribution in [3.63, 3.8) is 0 Å². The molecule has 0 fully saturated rings. The predicted octanol–water partition coefficient (Wildman–Crippen LogP) is 5.65. The Morgan fingerprint density at radius 3 is 2.51 bits per heavy atom. The van der Waals surface area contributed by atoms with Crippen molar-refractivity contribution in [3.05, 3.63) is 73.8 Å². The summed E-state index contributed by atoms with van der Waals surface area (Å²) in [6, 6.07) is 12.8. The molecule has 2 heterocycles. The van der Waals surface area contributed by atoms with Crippen molar-refractivity contribution in [2.24, 2.45) is 0 Å². The van der Waals surface area contributed by atoms with Crippen molar-refractivity contribution in [2.45, 2.75) is 27.7 Å². The Labute approximate surface area is 206 Å². The van der Waals surface area contributed by atoms with Crippen LogP contribution in [0.4, 0.5) is 5.00 Å². The van der Waals surface area contributed by atoms with Gasteiger partial charge in [-0.05, 0) is 74.7 Å². The molecule has 178 valence electrons. The second kappa shape index (κ2) is 9.65. The summed E-state index contributed by atoms with van der Waals surface area (Å²) in [6.07, 6.45) is 0. The molecular formula is C27H24N2O5S. The monoisotopic (exact) mass is 488 g/mol. The van der Waals surface area contributed by atoms with Crippen LogP contribution in [-0.2, 0) is 4.79 Å². The van der Waals surface area contributed by atoms with Gasteiger partial charge in [0.25, 0.3) is 5.91 Å². The number of rotatable bonds is 6. The second-order valence-corrected chi connectivity index (χ2v) is 9.44.